The molecule has 0 amide bonds. The van der Waals surface area contributed by atoms with Crippen LogP contribution in [0.3, 0.4) is 0 Å². The van der Waals surface area contributed by atoms with Crippen LogP contribution < -0.4 is 0 Å². The zero-order valence-electron chi connectivity index (χ0n) is 7.80. The van der Waals surface area contributed by atoms with E-state index in [1.807, 2.05) is 0 Å². The summed E-state index contributed by atoms with van der Waals surface area (Å²) in [6, 6.07) is 6.90. The van der Waals surface area contributed by atoms with Crippen molar-refractivity contribution in [3.63, 3.8) is 0 Å². The Morgan fingerprint density at radius 1 is 1.27 bits per heavy atom. The number of benzene rings is 1. The Morgan fingerprint density at radius 2 is 1.87 bits per heavy atom. The molecular weight excluding hydrogens is 240 g/mol. The van der Waals surface area contributed by atoms with Crippen LogP contribution >= 0.6 is 12.4 Å². The molecule has 0 aliphatic rings. The molecule has 0 fully saturated rings. The first kappa shape index (κ1) is 12.0. The Bertz CT molecular complexity index is 585. The first-order chi connectivity index (χ1) is 6.50. The number of aryl methyl sites for hydroxylation is 1. The van der Waals surface area contributed by atoms with Crippen molar-refractivity contribution in [3.8, 4) is 0 Å². The molecule has 0 unspecified atom stereocenters. The lowest BCUT2D eigenvalue weighted by atomic mass is 10.2. The fourth-order valence-electron chi connectivity index (χ4n) is 1.40. The molecule has 0 spiro atoms. The summed E-state index contributed by atoms with van der Waals surface area (Å²) in [5.41, 5.74) is 0.890. The number of fused-ring (bicyclic) bond motifs is 1. The Balaban J connectivity index is 0.00000112. The first-order valence-electron chi connectivity index (χ1n) is 3.96. The molecule has 0 aliphatic heterocycles. The Morgan fingerprint density at radius 3 is 2.40 bits per heavy atom. The molecule has 0 saturated heterocycles. The van der Waals surface area contributed by atoms with E-state index in [0.717, 1.165) is 0 Å². The van der Waals surface area contributed by atoms with Crippen molar-refractivity contribution in [2.24, 2.45) is 0 Å². The molecule has 0 aliphatic carbocycles. The predicted molar refractivity (Wildman–Crippen MR) is 58.0 cm³/mol. The van der Waals surface area contributed by atoms with Crippen molar-refractivity contribution in [1.29, 1.82) is 0 Å². The number of hydrogen-bond donors (Lipinski definition) is 1. The van der Waals surface area contributed by atoms with Gasteiger partial charge in [0, 0.05) is 10.9 Å². The van der Waals surface area contributed by atoms with Crippen molar-refractivity contribution in [1.82, 2.24) is 0 Å². The standard InChI is InChI=1S/C9H8O4S.ClH/c1-6-7-4-2-3-5-8(7)13-9(6)14(10,11)12;/h2-5H,1H3,(H,10,11,12);1H. The summed E-state index contributed by atoms with van der Waals surface area (Å²) in [4.78, 5) is 0. The minimum Gasteiger partial charge on any atom is -0.442 e. The van der Waals surface area contributed by atoms with Gasteiger partial charge in [0.05, 0.1) is 0 Å². The summed E-state index contributed by atoms with van der Waals surface area (Å²) >= 11 is 0. The van der Waals surface area contributed by atoms with Crippen LogP contribution in [0.1, 0.15) is 5.56 Å². The summed E-state index contributed by atoms with van der Waals surface area (Å²) in [7, 11) is -4.26. The first-order valence-corrected chi connectivity index (χ1v) is 5.40. The molecule has 2 rings (SSSR count). The highest BCUT2D eigenvalue weighted by Gasteiger charge is 2.20. The van der Waals surface area contributed by atoms with Crippen molar-refractivity contribution in [3.05, 3.63) is 29.8 Å². The largest absolute Gasteiger partial charge is 0.442 e. The molecule has 1 heterocycles. The average Bonchev–Trinajstić information content (AvgIpc) is 2.44. The lowest BCUT2D eigenvalue weighted by Gasteiger charge is -1.90. The van der Waals surface area contributed by atoms with Gasteiger partial charge < -0.3 is 4.42 Å². The second-order valence-electron chi connectivity index (χ2n) is 2.99. The summed E-state index contributed by atoms with van der Waals surface area (Å²) in [5.74, 6) is 0. The van der Waals surface area contributed by atoms with Crippen LogP contribution in [0.5, 0.6) is 0 Å². The zero-order valence-corrected chi connectivity index (χ0v) is 9.43. The third-order valence-electron chi connectivity index (χ3n) is 2.03. The molecular formula is C9H9ClO4S. The molecule has 82 valence electrons. The fraction of sp³-hybridized carbons (Fsp3) is 0.111. The zero-order chi connectivity index (χ0) is 10.3. The van der Waals surface area contributed by atoms with E-state index in [4.69, 9.17) is 8.97 Å². The Hall–Kier alpha value is -1.04. The molecule has 1 aromatic carbocycles. The van der Waals surface area contributed by atoms with Gasteiger partial charge in [-0.2, -0.15) is 8.42 Å². The van der Waals surface area contributed by atoms with Gasteiger partial charge in [0.1, 0.15) is 5.58 Å². The second kappa shape index (κ2) is 3.84. The summed E-state index contributed by atoms with van der Waals surface area (Å²) in [6.45, 7) is 1.59. The van der Waals surface area contributed by atoms with Crippen LogP contribution in [0, 0.1) is 6.92 Å². The maximum absolute atomic E-state index is 10.9. The van der Waals surface area contributed by atoms with E-state index in [1.165, 1.54) is 0 Å². The van der Waals surface area contributed by atoms with E-state index >= 15 is 0 Å². The predicted octanol–water partition coefficient (Wildman–Crippen LogP) is 2.41. The van der Waals surface area contributed by atoms with Gasteiger partial charge in [0.2, 0.25) is 5.09 Å². The van der Waals surface area contributed by atoms with E-state index in [9.17, 15) is 8.42 Å². The van der Waals surface area contributed by atoms with Gasteiger partial charge in [-0.3, -0.25) is 4.55 Å². The van der Waals surface area contributed by atoms with Crippen molar-refractivity contribution < 1.29 is 17.4 Å². The number of para-hydroxylation sites is 1. The number of furan rings is 1. The van der Waals surface area contributed by atoms with Gasteiger partial charge in [-0.15, -0.1) is 12.4 Å². The molecule has 6 heteroatoms. The van der Waals surface area contributed by atoms with Crippen LogP contribution in [0.25, 0.3) is 11.0 Å². The molecule has 0 bridgehead atoms. The molecule has 15 heavy (non-hydrogen) atoms. The number of halogens is 1. The molecule has 0 radical (unpaired) electrons. The lowest BCUT2D eigenvalue weighted by Crippen LogP contribution is -1.97. The molecule has 2 aromatic rings. The van der Waals surface area contributed by atoms with E-state index < -0.39 is 10.1 Å². The van der Waals surface area contributed by atoms with Crippen LogP contribution in [0.2, 0.25) is 0 Å². The quantitative estimate of drug-likeness (QED) is 0.787. The highest BCUT2D eigenvalue weighted by atomic mass is 35.5. The minimum absolute atomic E-state index is 0. The molecule has 0 atom stereocenters. The smallest absolute Gasteiger partial charge is 0.328 e. The Kier molecular flexibility index (Phi) is 3.08. The van der Waals surface area contributed by atoms with E-state index in [0.29, 0.717) is 16.5 Å². The van der Waals surface area contributed by atoms with Crippen LogP contribution in [0.15, 0.2) is 33.8 Å². The number of hydrogen-bond acceptors (Lipinski definition) is 3. The topological polar surface area (TPSA) is 67.5 Å². The van der Waals surface area contributed by atoms with E-state index in [1.54, 1.807) is 31.2 Å². The van der Waals surface area contributed by atoms with Gasteiger partial charge in [-0.25, -0.2) is 0 Å². The molecule has 0 saturated carbocycles. The van der Waals surface area contributed by atoms with Crippen LogP contribution in [0.4, 0.5) is 0 Å². The SMILES string of the molecule is Cc1c(S(=O)(=O)O)oc2ccccc12.Cl. The van der Waals surface area contributed by atoms with E-state index in [-0.39, 0.29) is 17.5 Å². The van der Waals surface area contributed by atoms with Crippen LogP contribution in [-0.4, -0.2) is 13.0 Å². The van der Waals surface area contributed by atoms with Crippen molar-refractivity contribution in [2.75, 3.05) is 0 Å². The second-order valence-corrected chi connectivity index (χ2v) is 4.31. The monoisotopic (exact) mass is 248 g/mol. The number of rotatable bonds is 1. The van der Waals surface area contributed by atoms with Gasteiger partial charge >= 0.3 is 10.1 Å². The summed E-state index contributed by atoms with van der Waals surface area (Å²) in [6.07, 6.45) is 0. The Labute approximate surface area is 93.1 Å². The minimum atomic E-state index is -4.26. The van der Waals surface area contributed by atoms with Gasteiger partial charge in [-0.1, -0.05) is 18.2 Å². The third-order valence-corrected chi connectivity index (χ3v) is 2.89. The third kappa shape index (κ3) is 1.99. The van der Waals surface area contributed by atoms with Crippen molar-refractivity contribution >= 4 is 33.5 Å². The maximum Gasteiger partial charge on any atom is 0.328 e. The highest BCUT2D eigenvalue weighted by molar-refractivity contribution is 7.85. The molecule has 1 N–H and O–H groups in total. The maximum atomic E-state index is 10.9. The van der Waals surface area contributed by atoms with Crippen LogP contribution in [-0.2, 0) is 10.1 Å². The average molecular weight is 249 g/mol. The van der Waals surface area contributed by atoms with Gasteiger partial charge in [-0.05, 0) is 13.0 Å². The highest BCUT2D eigenvalue weighted by Crippen LogP contribution is 2.27. The van der Waals surface area contributed by atoms with Crippen molar-refractivity contribution in [2.45, 2.75) is 12.0 Å². The molecule has 4 nitrogen and oxygen atoms in total. The van der Waals surface area contributed by atoms with E-state index in [2.05, 4.69) is 0 Å². The lowest BCUT2D eigenvalue weighted by molar-refractivity contribution is 0.421. The summed E-state index contributed by atoms with van der Waals surface area (Å²) in [5, 5.41) is 0.318. The summed E-state index contributed by atoms with van der Waals surface area (Å²) < 4.78 is 35.6. The molecule has 1 aromatic heterocycles. The van der Waals surface area contributed by atoms with Gasteiger partial charge in [0.25, 0.3) is 0 Å². The fourth-order valence-corrected chi connectivity index (χ4v) is 2.09. The van der Waals surface area contributed by atoms with Gasteiger partial charge in [0.15, 0.2) is 0 Å². The normalized spacial score (nSPS) is 11.3.